The Labute approximate surface area is 234 Å². The summed E-state index contributed by atoms with van der Waals surface area (Å²) in [4.78, 5) is 17.2. The average molecular weight is 567 g/mol. The molecule has 0 saturated carbocycles. The van der Waals surface area contributed by atoms with Gasteiger partial charge in [-0.3, -0.25) is 14.4 Å². The number of pyridine rings is 1. The number of alkyl halides is 3. The Morgan fingerprint density at radius 1 is 1.18 bits per heavy atom. The molecule has 1 aromatic heterocycles. The van der Waals surface area contributed by atoms with E-state index >= 15 is 0 Å². The first-order valence-corrected chi connectivity index (χ1v) is 12.2. The number of aryl methyl sites for hydroxylation is 1. The van der Waals surface area contributed by atoms with Gasteiger partial charge < -0.3 is 21.4 Å². The number of hydrogen-bond donors (Lipinski definition) is 4. The van der Waals surface area contributed by atoms with Crippen molar-refractivity contribution in [3.05, 3.63) is 106 Å². The van der Waals surface area contributed by atoms with E-state index in [0.29, 0.717) is 28.1 Å². The Bertz CT molecular complexity index is 1630. The minimum Gasteiger partial charge on any atom is -0.392 e. The third-order valence-electron chi connectivity index (χ3n) is 5.57. The van der Waals surface area contributed by atoms with Crippen LogP contribution < -0.4 is 21.4 Å². The van der Waals surface area contributed by atoms with E-state index in [1.54, 1.807) is 61.4 Å². The van der Waals surface area contributed by atoms with Crippen LogP contribution in [-0.4, -0.2) is 30.8 Å². The predicted molar refractivity (Wildman–Crippen MR) is 153 cm³/mol. The molecule has 1 heterocycles. The molecule has 40 heavy (non-hydrogen) atoms. The molecule has 0 atom stereocenters. The first-order valence-electron chi connectivity index (χ1n) is 11.8. The number of hydrogen-bond acceptors (Lipinski definition) is 5. The van der Waals surface area contributed by atoms with Gasteiger partial charge in [0.05, 0.1) is 27.7 Å². The minimum absolute atomic E-state index is 0.0419. The Hall–Kier alpha value is -4.75. The highest BCUT2D eigenvalue weighted by Crippen LogP contribution is 2.36. The molecule has 4 N–H and O–H groups in total. The zero-order valence-corrected chi connectivity index (χ0v) is 22.6. The van der Waals surface area contributed by atoms with Gasteiger partial charge in [-0.1, -0.05) is 30.2 Å². The van der Waals surface area contributed by atoms with Crippen molar-refractivity contribution in [1.29, 1.82) is 5.41 Å². The number of carbonyl (C=O) groups is 1. The largest absolute Gasteiger partial charge is 0.417 e. The molecule has 0 saturated heterocycles. The highest BCUT2D eigenvalue weighted by Gasteiger charge is 2.33. The van der Waals surface area contributed by atoms with Crippen LogP contribution >= 0.6 is 11.6 Å². The Balaban J connectivity index is 1.88. The number of carbonyl (C=O) groups excluding carboxylic acids is 1. The molecule has 2 aromatic carbocycles. The van der Waals surface area contributed by atoms with Crippen LogP contribution in [0.2, 0.25) is 5.02 Å². The molecule has 0 aliphatic heterocycles. The summed E-state index contributed by atoms with van der Waals surface area (Å²) in [5.41, 5.74) is 2.52. The van der Waals surface area contributed by atoms with E-state index in [4.69, 9.17) is 17.0 Å². The fraction of sp³-hybridized carbons (Fsp3) is 0.138. The van der Waals surface area contributed by atoms with Crippen molar-refractivity contribution in [2.24, 2.45) is 4.99 Å². The van der Waals surface area contributed by atoms with Crippen molar-refractivity contribution in [3.63, 3.8) is 0 Å². The second-order valence-electron chi connectivity index (χ2n) is 8.37. The molecule has 11 heteroatoms. The van der Waals surface area contributed by atoms with E-state index in [9.17, 15) is 18.0 Å². The first kappa shape index (κ1) is 29.8. The van der Waals surface area contributed by atoms with E-state index in [-0.39, 0.29) is 11.3 Å². The van der Waals surface area contributed by atoms with Crippen molar-refractivity contribution in [1.82, 2.24) is 9.88 Å². The van der Waals surface area contributed by atoms with Gasteiger partial charge in [0.2, 0.25) is 0 Å². The maximum absolute atomic E-state index is 13.2. The number of allylic oxidation sites excluding steroid dienone is 2. The molecule has 0 bridgehead atoms. The van der Waals surface area contributed by atoms with Crippen molar-refractivity contribution in [3.8, 4) is 11.8 Å². The third-order valence-corrected chi connectivity index (χ3v) is 5.90. The molecule has 3 aromatic rings. The maximum atomic E-state index is 13.2. The number of amides is 1. The van der Waals surface area contributed by atoms with Crippen molar-refractivity contribution in [2.75, 3.05) is 24.7 Å². The summed E-state index contributed by atoms with van der Waals surface area (Å²) in [6.07, 6.45) is -0.117. The van der Waals surface area contributed by atoms with Gasteiger partial charge >= 0.3 is 6.18 Å². The first-order chi connectivity index (χ1) is 19.0. The van der Waals surface area contributed by atoms with E-state index in [2.05, 4.69) is 39.4 Å². The van der Waals surface area contributed by atoms with Crippen molar-refractivity contribution in [2.45, 2.75) is 13.1 Å². The van der Waals surface area contributed by atoms with Gasteiger partial charge in [-0.05, 0) is 60.9 Å². The van der Waals surface area contributed by atoms with Gasteiger partial charge in [-0.15, -0.1) is 0 Å². The molecule has 0 spiro atoms. The Morgan fingerprint density at radius 3 is 2.58 bits per heavy atom. The Morgan fingerprint density at radius 2 is 1.93 bits per heavy atom. The lowest BCUT2D eigenvalue weighted by Gasteiger charge is -2.12. The number of nitrogens with zero attached hydrogens (tertiary/aromatic N) is 2. The molecule has 0 unspecified atom stereocenters. The summed E-state index contributed by atoms with van der Waals surface area (Å²) in [7, 11) is 3.34. The molecule has 7 nitrogen and oxygen atoms in total. The lowest BCUT2D eigenvalue weighted by molar-refractivity contribution is -0.137. The lowest BCUT2D eigenvalue weighted by atomic mass is 10.0. The predicted octanol–water partition coefficient (Wildman–Crippen LogP) is 5.90. The second-order valence-corrected chi connectivity index (χ2v) is 8.78. The van der Waals surface area contributed by atoms with Crippen LogP contribution in [0, 0.1) is 24.2 Å². The molecule has 0 aliphatic rings. The number of halogens is 4. The van der Waals surface area contributed by atoms with E-state index < -0.39 is 22.7 Å². The standard InChI is InChI=1S/C29H26ClF3N6O/c1-18-7-9-21(28(40)38-22-11-12-25(30)24(15-22)29(31,32)33)14-20(18)10-8-19(2)39-13-5-6-26(27(39)36-4)37-23(16-34)17-35-3/h5-7,9,11-17,34-35,37H,2H2,1,3-4H3,(H,38,40)/b23-17+,34-16?,36-27-. The van der Waals surface area contributed by atoms with Gasteiger partial charge in [0.1, 0.15) is 0 Å². The third kappa shape index (κ3) is 7.21. The molecule has 3 rings (SSSR count). The number of aromatic nitrogens is 1. The SMILES string of the molecule is C=C(C#Cc1cc(C(=O)Nc2ccc(Cl)c(C(F)(F)F)c2)ccc1C)n1cccc(N/C(C=N)=C/NC)/c1=N/C. The van der Waals surface area contributed by atoms with E-state index in [1.165, 1.54) is 6.07 Å². The van der Waals surface area contributed by atoms with Gasteiger partial charge in [0, 0.05) is 49.5 Å². The highest BCUT2D eigenvalue weighted by atomic mass is 35.5. The lowest BCUT2D eigenvalue weighted by Crippen LogP contribution is -2.23. The zero-order valence-electron chi connectivity index (χ0n) is 21.9. The second kappa shape index (κ2) is 12.9. The molecule has 206 valence electrons. The zero-order chi connectivity index (χ0) is 29.4. The summed E-state index contributed by atoms with van der Waals surface area (Å²) < 4.78 is 41.2. The summed E-state index contributed by atoms with van der Waals surface area (Å²) in [5, 5.41) is 15.6. The molecular formula is C29H26ClF3N6O. The van der Waals surface area contributed by atoms with Gasteiger partial charge in [-0.25, -0.2) is 0 Å². The van der Waals surface area contributed by atoms with Crippen LogP contribution in [0.25, 0.3) is 5.70 Å². The summed E-state index contributed by atoms with van der Waals surface area (Å²) in [6, 6.07) is 11.6. The monoisotopic (exact) mass is 566 g/mol. The maximum Gasteiger partial charge on any atom is 0.417 e. The fourth-order valence-corrected chi connectivity index (χ4v) is 3.81. The van der Waals surface area contributed by atoms with Gasteiger partial charge in [0.15, 0.2) is 5.49 Å². The van der Waals surface area contributed by atoms with Crippen LogP contribution in [0.5, 0.6) is 0 Å². The van der Waals surface area contributed by atoms with Crippen LogP contribution in [0.1, 0.15) is 27.0 Å². The quantitative estimate of drug-likeness (QED) is 0.212. The number of benzene rings is 2. The summed E-state index contributed by atoms with van der Waals surface area (Å²) in [6.45, 7) is 5.87. The topological polar surface area (TPSA) is 94.3 Å². The van der Waals surface area contributed by atoms with E-state index in [1.807, 2.05) is 6.92 Å². The minimum atomic E-state index is -4.66. The average Bonchev–Trinajstić information content (AvgIpc) is 2.92. The van der Waals surface area contributed by atoms with Crippen LogP contribution in [0.15, 0.2) is 78.2 Å². The summed E-state index contributed by atoms with van der Waals surface area (Å²) in [5.74, 6) is 5.40. The summed E-state index contributed by atoms with van der Waals surface area (Å²) >= 11 is 5.67. The number of rotatable bonds is 7. The van der Waals surface area contributed by atoms with Crippen molar-refractivity contribution >= 4 is 40.8 Å². The molecule has 1 amide bonds. The van der Waals surface area contributed by atoms with Crippen LogP contribution in [0.4, 0.5) is 24.5 Å². The van der Waals surface area contributed by atoms with Gasteiger partial charge in [0.25, 0.3) is 5.91 Å². The Kier molecular flexibility index (Phi) is 9.59. The molecule has 0 aliphatic carbocycles. The number of nitrogens with one attached hydrogen (secondary N) is 4. The number of anilines is 2. The fourth-order valence-electron chi connectivity index (χ4n) is 3.59. The molecular weight excluding hydrogens is 541 g/mol. The molecule has 0 fully saturated rings. The van der Waals surface area contributed by atoms with Crippen LogP contribution in [0.3, 0.4) is 0 Å². The highest BCUT2D eigenvalue weighted by molar-refractivity contribution is 6.31. The van der Waals surface area contributed by atoms with Crippen molar-refractivity contribution < 1.29 is 18.0 Å². The smallest absolute Gasteiger partial charge is 0.392 e. The normalized spacial score (nSPS) is 11.8. The van der Waals surface area contributed by atoms with Crippen LogP contribution in [-0.2, 0) is 6.18 Å². The van der Waals surface area contributed by atoms with Gasteiger partial charge in [-0.2, -0.15) is 13.2 Å². The van der Waals surface area contributed by atoms with E-state index in [0.717, 1.165) is 23.9 Å². The molecule has 0 radical (unpaired) electrons.